The van der Waals surface area contributed by atoms with Crippen LogP contribution in [-0.2, 0) is 13.1 Å². The largest absolute Gasteiger partial charge is 0.373 e. The van der Waals surface area contributed by atoms with Gasteiger partial charge in [0.1, 0.15) is 5.82 Å². The van der Waals surface area contributed by atoms with Crippen LogP contribution in [0.1, 0.15) is 16.4 Å². The molecule has 0 saturated heterocycles. The van der Waals surface area contributed by atoms with Gasteiger partial charge in [0.25, 0.3) is 0 Å². The van der Waals surface area contributed by atoms with E-state index >= 15 is 0 Å². The summed E-state index contributed by atoms with van der Waals surface area (Å²) < 4.78 is 0. The minimum absolute atomic E-state index is 0.695. The Morgan fingerprint density at radius 1 is 1.32 bits per heavy atom. The average molecular weight is 297 g/mol. The van der Waals surface area contributed by atoms with E-state index in [1.807, 2.05) is 33.2 Å². The number of hydrogen-bond donors (Lipinski definition) is 1. The van der Waals surface area contributed by atoms with Gasteiger partial charge < -0.3 is 5.32 Å². The molecule has 1 N–H and O–H groups in total. The van der Waals surface area contributed by atoms with Crippen LogP contribution in [0.3, 0.4) is 0 Å². The number of thiazole rings is 1. The highest BCUT2D eigenvalue weighted by Crippen LogP contribution is 2.19. The zero-order chi connectivity index (χ0) is 13.8. The molecule has 102 valence electrons. The summed E-state index contributed by atoms with van der Waals surface area (Å²) in [6, 6.07) is 3.74. The topological polar surface area (TPSA) is 41.0 Å². The van der Waals surface area contributed by atoms with E-state index in [1.165, 1.54) is 0 Å². The first kappa shape index (κ1) is 14.2. The summed E-state index contributed by atoms with van der Waals surface area (Å²) in [5.41, 5.74) is 1.97. The van der Waals surface area contributed by atoms with Gasteiger partial charge in [0.2, 0.25) is 0 Å². The van der Waals surface area contributed by atoms with Crippen molar-refractivity contribution in [2.75, 3.05) is 19.4 Å². The van der Waals surface area contributed by atoms with Gasteiger partial charge in [-0.1, -0.05) is 11.6 Å². The number of anilines is 1. The number of aromatic nitrogens is 2. The van der Waals surface area contributed by atoms with E-state index in [1.54, 1.807) is 11.3 Å². The van der Waals surface area contributed by atoms with E-state index in [0.29, 0.717) is 11.6 Å². The molecule has 19 heavy (non-hydrogen) atoms. The van der Waals surface area contributed by atoms with Crippen LogP contribution in [0.5, 0.6) is 0 Å². The fourth-order valence-corrected chi connectivity index (χ4v) is 2.57. The van der Waals surface area contributed by atoms with Crippen molar-refractivity contribution in [1.29, 1.82) is 0 Å². The summed E-state index contributed by atoms with van der Waals surface area (Å²) in [6.45, 7) is 3.51. The van der Waals surface area contributed by atoms with E-state index in [-0.39, 0.29) is 0 Å². The molecule has 2 aromatic heterocycles. The van der Waals surface area contributed by atoms with Gasteiger partial charge in [0.15, 0.2) is 0 Å². The van der Waals surface area contributed by atoms with Crippen LogP contribution in [0.2, 0.25) is 5.02 Å². The summed E-state index contributed by atoms with van der Waals surface area (Å²) in [6.07, 6.45) is 0. The van der Waals surface area contributed by atoms with E-state index in [2.05, 4.69) is 25.6 Å². The van der Waals surface area contributed by atoms with Gasteiger partial charge in [-0.2, -0.15) is 0 Å². The smallest absolute Gasteiger partial charge is 0.126 e. The summed E-state index contributed by atoms with van der Waals surface area (Å²) in [7, 11) is 3.89. The molecule has 0 unspecified atom stereocenters. The highest BCUT2D eigenvalue weighted by molar-refractivity contribution is 7.09. The minimum Gasteiger partial charge on any atom is -0.373 e. The van der Waals surface area contributed by atoms with Crippen molar-refractivity contribution in [2.45, 2.75) is 20.0 Å². The van der Waals surface area contributed by atoms with Crippen LogP contribution >= 0.6 is 22.9 Å². The Morgan fingerprint density at radius 3 is 2.74 bits per heavy atom. The molecule has 0 spiro atoms. The van der Waals surface area contributed by atoms with E-state index in [4.69, 9.17) is 11.6 Å². The molecule has 6 heteroatoms. The first-order valence-electron chi connectivity index (χ1n) is 6.01. The Bertz CT molecular complexity index is 555. The Balaban J connectivity index is 2.03. The molecule has 0 aromatic carbocycles. The molecule has 0 aliphatic carbocycles. The number of rotatable bonds is 5. The third-order valence-electron chi connectivity index (χ3n) is 2.69. The molecule has 4 nitrogen and oxygen atoms in total. The molecular weight excluding hydrogens is 280 g/mol. The summed E-state index contributed by atoms with van der Waals surface area (Å²) in [5, 5.41) is 6.90. The number of aryl methyl sites for hydroxylation is 1. The van der Waals surface area contributed by atoms with Crippen molar-refractivity contribution in [2.24, 2.45) is 0 Å². The van der Waals surface area contributed by atoms with Crippen LogP contribution in [-0.4, -0.2) is 29.0 Å². The standard InChI is InChI=1S/C13H17ClN4S/c1-9-16-10(8-19-9)6-18(3)7-12-11(14)4-5-13(15-2)17-12/h4-5,8H,6-7H2,1-3H3,(H,15,17). The van der Waals surface area contributed by atoms with Crippen molar-refractivity contribution in [1.82, 2.24) is 14.9 Å². The van der Waals surface area contributed by atoms with Crippen molar-refractivity contribution < 1.29 is 0 Å². The van der Waals surface area contributed by atoms with Crippen molar-refractivity contribution in [3.05, 3.63) is 38.9 Å². The molecule has 0 amide bonds. The zero-order valence-electron chi connectivity index (χ0n) is 11.3. The highest BCUT2D eigenvalue weighted by Gasteiger charge is 2.09. The van der Waals surface area contributed by atoms with Crippen LogP contribution in [0.15, 0.2) is 17.5 Å². The third kappa shape index (κ3) is 3.89. The fourth-order valence-electron chi connectivity index (χ4n) is 1.80. The number of nitrogens with one attached hydrogen (secondary N) is 1. The summed E-state index contributed by atoms with van der Waals surface area (Å²) in [5.74, 6) is 0.831. The highest BCUT2D eigenvalue weighted by atomic mass is 35.5. The molecule has 0 bridgehead atoms. The molecule has 0 radical (unpaired) electrons. The van der Waals surface area contributed by atoms with Crippen LogP contribution in [0.4, 0.5) is 5.82 Å². The second-order valence-corrected chi connectivity index (χ2v) is 5.87. The molecule has 2 rings (SSSR count). The Morgan fingerprint density at radius 2 is 2.11 bits per heavy atom. The molecule has 2 heterocycles. The maximum absolute atomic E-state index is 6.17. The maximum Gasteiger partial charge on any atom is 0.126 e. The lowest BCUT2D eigenvalue weighted by Crippen LogP contribution is -2.18. The fraction of sp³-hybridized carbons (Fsp3) is 0.385. The lowest BCUT2D eigenvalue weighted by molar-refractivity contribution is 0.312. The lowest BCUT2D eigenvalue weighted by atomic mass is 10.3. The number of pyridine rings is 1. The number of nitrogens with zero attached hydrogens (tertiary/aromatic N) is 3. The number of hydrogen-bond acceptors (Lipinski definition) is 5. The maximum atomic E-state index is 6.17. The Labute approximate surface area is 122 Å². The molecule has 2 aromatic rings. The van der Waals surface area contributed by atoms with Gasteiger partial charge in [0.05, 0.1) is 21.4 Å². The first-order valence-corrected chi connectivity index (χ1v) is 7.27. The second kappa shape index (κ2) is 6.32. The molecule has 0 aliphatic rings. The monoisotopic (exact) mass is 296 g/mol. The molecule has 0 fully saturated rings. The first-order chi connectivity index (χ1) is 9.08. The molecular formula is C13H17ClN4S. The van der Waals surface area contributed by atoms with E-state index in [0.717, 1.165) is 28.8 Å². The van der Waals surface area contributed by atoms with E-state index in [9.17, 15) is 0 Å². The quantitative estimate of drug-likeness (QED) is 0.920. The summed E-state index contributed by atoms with van der Waals surface area (Å²) >= 11 is 7.85. The SMILES string of the molecule is CNc1ccc(Cl)c(CN(C)Cc2csc(C)n2)n1. The Kier molecular flexibility index (Phi) is 4.74. The zero-order valence-corrected chi connectivity index (χ0v) is 12.8. The van der Waals surface area contributed by atoms with Gasteiger partial charge in [-0.05, 0) is 26.1 Å². The van der Waals surface area contributed by atoms with E-state index < -0.39 is 0 Å². The van der Waals surface area contributed by atoms with Gasteiger partial charge in [-0.25, -0.2) is 9.97 Å². The average Bonchev–Trinajstić information content (AvgIpc) is 2.77. The lowest BCUT2D eigenvalue weighted by Gasteiger charge is -2.16. The normalized spacial score (nSPS) is 11.0. The second-order valence-electron chi connectivity index (χ2n) is 4.41. The van der Waals surface area contributed by atoms with Crippen LogP contribution in [0.25, 0.3) is 0 Å². The predicted octanol–water partition coefficient (Wildman–Crippen LogP) is 3.17. The van der Waals surface area contributed by atoms with Gasteiger partial charge in [0, 0.05) is 25.5 Å². The van der Waals surface area contributed by atoms with Crippen LogP contribution < -0.4 is 5.32 Å². The van der Waals surface area contributed by atoms with Crippen molar-refractivity contribution in [3.8, 4) is 0 Å². The minimum atomic E-state index is 0.695. The third-order valence-corrected chi connectivity index (χ3v) is 3.86. The predicted molar refractivity (Wildman–Crippen MR) is 80.8 cm³/mol. The Hall–Kier alpha value is -1.17. The van der Waals surface area contributed by atoms with Crippen molar-refractivity contribution in [3.63, 3.8) is 0 Å². The molecule has 0 saturated carbocycles. The van der Waals surface area contributed by atoms with Gasteiger partial charge in [-0.3, -0.25) is 4.90 Å². The van der Waals surface area contributed by atoms with Gasteiger partial charge >= 0.3 is 0 Å². The summed E-state index contributed by atoms with van der Waals surface area (Å²) in [4.78, 5) is 11.1. The molecule has 0 aliphatic heterocycles. The van der Waals surface area contributed by atoms with Crippen LogP contribution in [0, 0.1) is 6.92 Å². The molecule has 0 atom stereocenters. The van der Waals surface area contributed by atoms with Gasteiger partial charge in [-0.15, -0.1) is 11.3 Å². The number of halogens is 1. The van der Waals surface area contributed by atoms with Crippen molar-refractivity contribution >= 4 is 28.8 Å².